The minimum Gasteiger partial charge on any atom is -0.496 e. The number of nitrogens with zero attached hydrogens (tertiary/aromatic N) is 1. The van der Waals surface area contributed by atoms with Crippen molar-refractivity contribution in [2.24, 2.45) is 0 Å². The Morgan fingerprint density at radius 1 is 1.39 bits per heavy atom. The van der Waals surface area contributed by atoms with Crippen LogP contribution in [0.25, 0.3) is 11.3 Å². The first kappa shape index (κ1) is 12.8. The predicted octanol–water partition coefficient (Wildman–Crippen LogP) is 3.71. The molecule has 2 N–H and O–H groups in total. The van der Waals surface area contributed by atoms with Crippen LogP contribution in [-0.4, -0.2) is 12.3 Å². The van der Waals surface area contributed by atoms with E-state index in [1.165, 1.54) is 0 Å². The van der Waals surface area contributed by atoms with Crippen molar-refractivity contribution in [2.45, 2.75) is 19.8 Å². The van der Waals surface area contributed by atoms with E-state index in [4.69, 9.17) is 26.6 Å². The molecule has 0 radical (unpaired) electrons. The molecule has 0 amide bonds. The summed E-state index contributed by atoms with van der Waals surface area (Å²) in [5.41, 5.74) is 7.51. The molecule has 2 rings (SSSR count). The number of rotatable bonds is 3. The maximum atomic E-state index is 5.94. The monoisotopic (exact) mass is 266 g/mol. The van der Waals surface area contributed by atoms with Crippen LogP contribution in [0.3, 0.4) is 0 Å². The molecule has 18 heavy (non-hydrogen) atoms. The average Bonchev–Trinajstić information content (AvgIpc) is 2.70. The lowest BCUT2D eigenvalue weighted by Crippen LogP contribution is -1.96. The van der Waals surface area contributed by atoms with Crippen LogP contribution >= 0.6 is 11.6 Å². The van der Waals surface area contributed by atoms with E-state index in [0.29, 0.717) is 22.4 Å². The molecule has 0 aliphatic heterocycles. The largest absolute Gasteiger partial charge is 0.496 e. The highest BCUT2D eigenvalue weighted by Crippen LogP contribution is 2.39. The van der Waals surface area contributed by atoms with Gasteiger partial charge in [-0.3, -0.25) is 0 Å². The molecule has 0 unspecified atom stereocenters. The number of halogens is 1. The molecule has 0 aliphatic rings. The van der Waals surface area contributed by atoms with E-state index in [1.807, 2.05) is 19.9 Å². The highest BCUT2D eigenvalue weighted by molar-refractivity contribution is 6.30. The van der Waals surface area contributed by atoms with Gasteiger partial charge in [0.25, 0.3) is 0 Å². The number of nitrogens with two attached hydrogens (primary N) is 1. The second-order valence-corrected chi connectivity index (χ2v) is 4.75. The summed E-state index contributed by atoms with van der Waals surface area (Å²) < 4.78 is 10.6. The maximum Gasteiger partial charge on any atom is 0.176 e. The first-order valence-corrected chi connectivity index (χ1v) is 6.01. The first-order chi connectivity index (χ1) is 8.54. The van der Waals surface area contributed by atoms with Gasteiger partial charge in [-0.1, -0.05) is 30.6 Å². The Labute approximate surface area is 111 Å². The molecular formula is C13H15ClN2O2. The van der Waals surface area contributed by atoms with Crippen LogP contribution in [0.2, 0.25) is 5.02 Å². The summed E-state index contributed by atoms with van der Waals surface area (Å²) in [5, 5.41) is 4.43. The zero-order chi connectivity index (χ0) is 13.3. The van der Waals surface area contributed by atoms with Crippen LogP contribution < -0.4 is 10.5 Å². The lowest BCUT2D eigenvalue weighted by molar-refractivity contribution is 0.406. The molecule has 0 bridgehead atoms. The molecule has 1 aromatic heterocycles. The van der Waals surface area contributed by atoms with Gasteiger partial charge in [-0.05, 0) is 24.1 Å². The molecule has 0 atom stereocenters. The van der Waals surface area contributed by atoms with E-state index in [2.05, 4.69) is 5.16 Å². The van der Waals surface area contributed by atoms with Crippen molar-refractivity contribution in [3.63, 3.8) is 0 Å². The van der Waals surface area contributed by atoms with Crippen LogP contribution in [0.15, 0.2) is 22.7 Å². The zero-order valence-electron chi connectivity index (χ0n) is 10.5. The minimum absolute atomic E-state index is 0.214. The van der Waals surface area contributed by atoms with Gasteiger partial charge in [0, 0.05) is 10.6 Å². The van der Waals surface area contributed by atoms with Gasteiger partial charge in [-0.15, -0.1) is 0 Å². The molecule has 0 saturated heterocycles. The smallest absolute Gasteiger partial charge is 0.176 e. The lowest BCUT2D eigenvalue weighted by Gasteiger charge is -2.09. The average molecular weight is 267 g/mol. The normalized spacial score (nSPS) is 10.9. The van der Waals surface area contributed by atoms with Crippen molar-refractivity contribution in [3.05, 3.63) is 28.8 Å². The van der Waals surface area contributed by atoms with E-state index in [9.17, 15) is 0 Å². The van der Waals surface area contributed by atoms with E-state index in [1.54, 1.807) is 19.2 Å². The second kappa shape index (κ2) is 4.90. The Morgan fingerprint density at radius 2 is 2.11 bits per heavy atom. The molecule has 0 saturated carbocycles. The zero-order valence-corrected chi connectivity index (χ0v) is 11.3. The molecule has 96 valence electrons. The van der Waals surface area contributed by atoms with Crippen molar-refractivity contribution in [1.82, 2.24) is 5.16 Å². The Morgan fingerprint density at radius 3 is 2.72 bits per heavy atom. The van der Waals surface area contributed by atoms with Crippen LogP contribution in [0.4, 0.5) is 5.82 Å². The van der Waals surface area contributed by atoms with E-state index in [-0.39, 0.29) is 5.92 Å². The van der Waals surface area contributed by atoms with Crippen molar-refractivity contribution < 1.29 is 9.26 Å². The maximum absolute atomic E-state index is 5.94. The lowest BCUT2D eigenvalue weighted by atomic mass is 9.99. The predicted molar refractivity (Wildman–Crippen MR) is 72.0 cm³/mol. The molecule has 0 aliphatic carbocycles. The van der Waals surface area contributed by atoms with E-state index < -0.39 is 0 Å². The van der Waals surface area contributed by atoms with Crippen molar-refractivity contribution in [2.75, 3.05) is 12.8 Å². The van der Waals surface area contributed by atoms with Gasteiger partial charge in [-0.25, -0.2) is 0 Å². The number of nitrogen functional groups attached to an aromatic ring is 1. The van der Waals surface area contributed by atoms with E-state index >= 15 is 0 Å². The number of benzene rings is 1. The Balaban J connectivity index is 2.62. The minimum atomic E-state index is 0.214. The molecule has 5 heteroatoms. The third-order valence-electron chi connectivity index (χ3n) is 2.74. The van der Waals surface area contributed by atoms with Crippen LogP contribution in [0.5, 0.6) is 5.75 Å². The van der Waals surface area contributed by atoms with Crippen LogP contribution in [-0.2, 0) is 0 Å². The quantitative estimate of drug-likeness (QED) is 0.920. The summed E-state index contributed by atoms with van der Waals surface area (Å²) in [6.45, 7) is 4.07. The fourth-order valence-corrected chi connectivity index (χ4v) is 2.08. The number of hydrogen-bond acceptors (Lipinski definition) is 4. The molecular weight excluding hydrogens is 252 g/mol. The van der Waals surface area contributed by atoms with Gasteiger partial charge < -0.3 is 15.0 Å². The molecule has 4 nitrogen and oxygen atoms in total. The highest BCUT2D eigenvalue weighted by atomic mass is 35.5. The summed E-state index contributed by atoms with van der Waals surface area (Å²) in [6.07, 6.45) is 0. The SMILES string of the molecule is COc1cc(Cl)ccc1-c1onc(N)c1C(C)C. The highest BCUT2D eigenvalue weighted by Gasteiger charge is 2.21. The van der Waals surface area contributed by atoms with Gasteiger partial charge in [0.2, 0.25) is 0 Å². The molecule has 2 aromatic rings. The summed E-state index contributed by atoms with van der Waals surface area (Å²) in [5.74, 6) is 1.90. The van der Waals surface area contributed by atoms with Crippen molar-refractivity contribution >= 4 is 17.4 Å². The Hall–Kier alpha value is -1.68. The second-order valence-electron chi connectivity index (χ2n) is 4.31. The number of aromatic nitrogens is 1. The molecule has 0 spiro atoms. The van der Waals surface area contributed by atoms with Gasteiger partial charge in [-0.2, -0.15) is 0 Å². The third kappa shape index (κ3) is 2.16. The summed E-state index contributed by atoms with van der Waals surface area (Å²) in [6, 6.07) is 5.36. The fraction of sp³-hybridized carbons (Fsp3) is 0.308. The number of hydrogen-bond donors (Lipinski definition) is 1. The first-order valence-electron chi connectivity index (χ1n) is 5.63. The van der Waals surface area contributed by atoms with E-state index in [0.717, 1.165) is 11.1 Å². The Kier molecular flexibility index (Phi) is 3.48. The molecule has 0 fully saturated rings. The number of ether oxygens (including phenoxy) is 1. The summed E-state index contributed by atoms with van der Waals surface area (Å²) in [4.78, 5) is 0. The topological polar surface area (TPSA) is 61.3 Å². The fourth-order valence-electron chi connectivity index (χ4n) is 1.91. The molecule has 1 aromatic carbocycles. The van der Waals surface area contributed by atoms with Gasteiger partial charge in [0.1, 0.15) is 5.75 Å². The summed E-state index contributed by atoms with van der Waals surface area (Å²) in [7, 11) is 1.59. The third-order valence-corrected chi connectivity index (χ3v) is 2.98. The number of anilines is 1. The van der Waals surface area contributed by atoms with Crippen molar-refractivity contribution in [1.29, 1.82) is 0 Å². The van der Waals surface area contributed by atoms with Crippen LogP contribution in [0, 0.1) is 0 Å². The van der Waals surface area contributed by atoms with Gasteiger partial charge in [0.05, 0.1) is 12.7 Å². The van der Waals surface area contributed by atoms with Gasteiger partial charge >= 0.3 is 0 Å². The summed E-state index contributed by atoms with van der Waals surface area (Å²) >= 11 is 5.94. The molecule has 1 heterocycles. The van der Waals surface area contributed by atoms with Crippen LogP contribution in [0.1, 0.15) is 25.3 Å². The van der Waals surface area contributed by atoms with Crippen molar-refractivity contribution in [3.8, 4) is 17.1 Å². The number of methoxy groups -OCH3 is 1. The van der Waals surface area contributed by atoms with Gasteiger partial charge in [0.15, 0.2) is 11.6 Å². The Bertz CT molecular complexity index is 564. The standard InChI is InChI=1S/C13H15ClN2O2/c1-7(2)11-12(18-16-13(11)15)9-5-4-8(14)6-10(9)17-3/h4-7H,1-3H3,(H2,15,16).